The summed E-state index contributed by atoms with van der Waals surface area (Å²) >= 11 is 6.26. The molecular formula is C29H19ClF6N4O2. The molecular weight excluding hydrogens is 586 g/mol. The minimum atomic E-state index is -6.11. The monoisotopic (exact) mass is 604 g/mol. The molecule has 216 valence electrons. The molecule has 0 atom stereocenters. The van der Waals surface area contributed by atoms with Crippen molar-refractivity contribution < 1.29 is 31.4 Å². The number of alkyl halides is 6. The van der Waals surface area contributed by atoms with Gasteiger partial charge in [0.25, 0.3) is 11.2 Å². The number of pyridine rings is 2. The number of halogens is 7. The Balaban J connectivity index is 1.74. The van der Waals surface area contributed by atoms with Gasteiger partial charge in [0.1, 0.15) is 5.82 Å². The van der Waals surface area contributed by atoms with E-state index in [1.807, 2.05) is 0 Å². The molecule has 0 unspecified atom stereocenters. The van der Waals surface area contributed by atoms with Crippen molar-refractivity contribution in [2.75, 3.05) is 0 Å². The molecule has 0 saturated heterocycles. The van der Waals surface area contributed by atoms with E-state index in [0.717, 1.165) is 16.3 Å². The van der Waals surface area contributed by atoms with Crippen LogP contribution in [0.2, 0.25) is 5.02 Å². The molecule has 42 heavy (non-hydrogen) atoms. The van der Waals surface area contributed by atoms with Crippen molar-refractivity contribution in [1.29, 1.82) is 0 Å². The summed E-state index contributed by atoms with van der Waals surface area (Å²) in [6.07, 6.45) is -9.07. The van der Waals surface area contributed by atoms with Crippen LogP contribution in [-0.4, -0.2) is 37.0 Å². The molecule has 0 aliphatic rings. The number of aryl methyl sites for hydroxylation is 1. The van der Waals surface area contributed by atoms with Gasteiger partial charge < -0.3 is 5.11 Å². The van der Waals surface area contributed by atoms with Crippen molar-refractivity contribution in [2.45, 2.75) is 31.3 Å². The Hall–Kier alpha value is -4.29. The van der Waals surface area contributed by atoms with Gasteiger partial charge >= 0.3 is 12.4 Å². The van der Waals surface area contributed by atoms with E-state index >= 15 is 0 Å². The molecule has 3 heterocycles. The maximum absolute atomic E-state index is 13.9. The summed E-state index contributed by atoms with van der Waals surface area (Å²) in [6.45, 7) is 1.78. The molecule has 0 bridgehead atoms. The van der Waals surface area contributed by atoms with Crippen LogP contribution in [0.15, 0.2) is 83.9 Å². The SMILES string of the molecule is Cc1ccc(Cc2nc3ccc(-c4ccccn4)cc3c(=O)n2-c2ccc(C(O)(C(F)(F)F)C(F)(F)F)cc2Cl)cn1. The lowest BCUT2D eigenvalue weighted by atomic mass is 9.92. The van der Waals surface area contributed by atoms with Crippen molar-refractivity contribution in [3.05, 3.63) is 117 Å². The molecule has 13 heteroatoms. The molecule has 0 saturated carbocycles. The summed E-state index contributed by atoms with van der Waals surface area (Å²) in [6, 6.07) is 15.1. The molecule has 1 N–H and O–H groups in total. The number of aromatic nitrogens is 4. The Labute approximate surface area is 238 Å². The Morgan fingerprint density at radius 2 is 1.64 bits per heavy atom. The summed E-state index contributed by atoms with van der Waals surface area (Å²) in [5.41, 5.74) is -4.88. The smallest absolute Gasteiger partial charge is 0.369 e. The number of nitrogens with zero attached hydrogens (tertiary/aromatic N) is 4. The largest absolute Gasteiger partial charge is 0.430 e. The van der Waals surface area contributed by atoms with E-state index in [4.69, 9.17) is 11.6 Å². The van der Waals surface area contributed by atoms with Crippen molar-refractivity contribution in [3.63, 3.8) is 0 Å². The van der Waals surface area contributed by atoms with E-state index in [1.165, 1.54) is 6.07 Å². The summed E-state index contributed by atoms with van der Waals surface area (Å²) in [4.78, 5) is 27.0. The minimum absolute atomic E-state index is 0.0214. The fraction of sp³-hybridized carbons (Fsp3) is 0.172. The lowest BCUT2D eigenvalue weighted by Gasteiger charge is -2.33. The molecule has 6 nitrogen and oxygen atoms in total. The average molecular weight is 605 g/mol. The van der Waals surface area contributed by atoms with Crippen LogP contribution in [0.1, 0.15) is 22.6 Å². The number of rotatable bonds is 5. The van der Waals surface area contributed by atoms with Crippen molar-refractivity contribution in [3.8, 4) is 16.9 Å². The molecule has 2 aromatic carbocycles. The molecule has 5 rings (SSSR count). The molecule has 0 spiro atoms. The third kappa shape index (κ3) is 5.12. The van der Waals surface area contributed by atoms with E-state index in [9.17, 15) is 36.2 Å². The van der Waals surface area contributed by atoms with Crippen LogP contribution in [-0.2, 0) is 12.0 Å². The normalized spacial score (nSPS) is 12.6. The van der Waals surface area contributed by atoms with E-state index in [0.29, 0.717) is 34.5 Å². The zero-order valence-electron chi connectivity index (χ0n) is 21.5. The van der Waals surface area contributed by atoms with E-state index in [1.54, 1.807) is 61.8 Å². The van der Waals surface area contributed by atoms with Crippen molar-refractivity contribution in [1.82, 2.24) is 19.5 Å². The predicted molar refractivity (Wildman–Crippen MR) is 143 cm³/mol. The molecule has 0 aliphatic carbocycles. The van der Waals surface area contributed by atoms with Crippen molar-refractivity contribution >= 4 is 22.5 Å². The first-order chi connectivity index (χ1) is 19.7. The van der Waals surface area contributed by atoms with Crippen LogP contribution >= 0.6 is 11.6 Å². The van der Waals surface area contributed by atoms with Gasteiger partial charge in [-0.15, -0.1) is 0 Å². The first kappa shape index (κ1) is 29.2. The second-order valence-corrected chi connectivity index (χ2v) is 9.88. The molecule has 5 aromatic rings. The van der Waals surface area contributed by atoms with Crippen LogP contribution in [0.4, 0.5) is 26.3 Å². The highest BCUT2D eigenvalue weighted by molar-refractivity contribution is 6.32. The topological polar surface area (TPSA) is 80.9 Å². The second-order valence-electron chi connectivity index (χ2n) is 9.47. The van der Waals surface area contributed by atoms with Gasteiger partial charge in [0, 0.05) is 35.6 Å². The maximum atomic E-state index is 13.9. The van der Waals surface area contributed by atoms with Gasteiger partial charge in [0.2, 0.25) is 0 Å². The molecule has 0 fully saturated rings. The van der Waals surface area contributed by atoms with Crippen LogP contribution in [0.25, 0.3) is 27.8 Å². The number of benzene rings is 2. The third-order valence-electron chi connectivity index (χ3n) is 6.66. The number of hydrogen-bond acceptors (Lipinski definition) is 5. The van der Waals surface area contributed by atoms with Crippen LogP contribution in [0.5, 0.6) is 0 Å². The first-order valence-corrected chi connectivity index (χ1v) is 12.6. The van der Waals surface area contributed by atoms with Gasteiger partial charge in [0.15, 0.2) is 0 Å². The maximum Gasteiger partial charge on any atom is 0.430 e. The van der Waals surface area contributed by atoms with Crippen molar-refractivity contribution in [2.24, 2.45) is 0 Å². The summed E-state index contributed by atoms with van der Waals surface area (Å²) in [5, 5.41) is 9.30. The fourth-order valence-corrected chi connectivity index (χ4v) is 4.74. The summed E-state index contributed by atoms with van der Waals surface area (Å²) in [5.74, 6) is 0.0975. The molecule has 0 aliphatic heterocycles. The minimum Gasteiger partial charge on any atom is -0.369 e. The Morgan fingerprint density at radius 3 is 2.24 bits per heavy atom. The lowest BCUT2D eigenvalue weighted by molar-refractivity contribution is -0.376. The van der Waals surface area contributed by atoms with E-state index in [-0.39, 0.29) is 23.3 Å². The third-order valence-corrected chi connectivity index (χ3v) is 6.96. The van der Waals surface area contributed by atoms with Crippen LogP contribution < -0.4 is 5.56 Å². The Morgan fingerprint density at radius 1 is 0.905 bits per heavy atom. The Kier molecular flexibility index (Phi) is 7.32. The van der Waals surface area contributed by atoms with Gasteiger partial charge in [0.05, 0.1) is 27.3 Å². The highest BCUT2D eigenvalue weighted by atomic mass is 35.5. The fourth-order valence-electron chi connectivity index (χ4n) is 4.48. The number of fused-ring (bicyclic) bond motifs is 1. The zero-order chi connectivity index (χ0) is 30.4. The summed E-state index contributed by atoms with van der Waals surface area (Å²) in [7, 11) is 0. The highest BCUT2D eigenvalue weighted by Gasteiger charge is 2.71. The molecule has 3 aromatic heterocycles. The van der Waals surface area contributed by atoms with Crippen LogP contribution in [0.3, 0.4) is 0 Å². The van der Waals surface area contributed by atoms with Gasteiger partial charge in [-0.25, -0.2) is 4.98 Å². The van der Waals surface area contributed by atoms with Gasteiger partial charge in [-0.2, -0.15) is 26.3 Å². The standard InChI is InChI=1S/C29H19ClF6N4O2/c1-16-5-6-17(15-38-16)12-25-39-23-9-7-18(22-4-2-3-11-37-22)13-20(23)26(41)40(25)24-10-8-19(14-21(24)30)27(42,28(31,32)33)29(34,35)36/h2-11,13-15,42H,12H2,1H3. The second kappa shape index (κ2) is 10.5. The zero-order valence-corrected chi connectivity index (χ0v) is 22.3. The number of hydrogen-bond donors (Lipinski definition) is 1. The molecule has 0 amide bonds. The van der Waals surface area contributed by atoms with Gasteiger partial charge in [-0.05, 0) is 55.0 Å². The van der Waals surface area contributed by atoms with E-state index < -0.39 is 34.1 Å². The number of aliphatic hydroxyl groups is 1. The van der Waals surface area contributed by atoms with Crippen LogP contribution in [0, 0.1) is 6.92 Å². The first-order valence-electron chi connectivity index (χ1n) is 12.3. The Bertz CT molecular complexity index is 1830. The quantitative estimate of drug-likeness (QED) is 0.226. The predicted octanol–water partition coefficient (Wildman–Crippen LogP) is 6.71. The summed E-state index contributed by atoms with van der Waals surface area (Å²) < 4.78 is 82.0. The van der Waals surface area contributed by atoms with Gasteiger partial charge in [-0.1, -0.05) is 35.9 Å². The lowest BCUT2D eigenvalue weighted by Crippen LogP contribution is -2.53. The average Bonchev–Trinajstić information content (AvgIpc) is 2.93. The van der Waals surface area contributed by atoms with Gasteiger partial charge in [-0.3, -0.25) is 19.3 Å². The highest BCUT2D eigenvalue weighted by Crippen LogP contribution is 2.50. The van der Waals surface area contributed by atoms with E-state index in [2.05, 4.69) is 15.0 Å². The molecule has 0 radical (unpaired) electrons.